The van der Waals surface area contributed by atoms with Crippen molar-refractivity contribution < 1.29 is 4.79 Å². The highest BCUT2D eigenvalue weighted by Crippen LogP contribution is 2.23. The number of nitrogens with zero attached hydrogens (tertiary/aromatic N) is 2. The minimum absolute atomic E-state index is 0.234. The van der Waals surface area contributed by atoms with Crippen molar-refractivity contribution in [2.45, 2.75) is 51.9 Å². The number of carbonyl (C=O) groups is 1. The molecule has 1 aliphatic rings. The molecule has 17 heavy (non-hydrogen) atoms. The first-order chi connectivity index (χ1) is 8.20. The van der Waals surface area contributed by atoms with Crippen LogP contribution in [-0.4, -0.2) is 15.6 Å². The molecule has 1 aromatic heterocycles. The van der Waals surface area contributed by atoms with E-state index >= 15 is 0 Å². The van der Waals surface area contributed by atoms with Gasteiger partial charge in [0.1, 0.15) is 5.78 Å². The minimum Gasteiger partial charge on any atom is -0.299 e. The van der Waals surface area contributed by atoms with E-state index in [0.29, 0.717) is 5.78 Å². The molecule has 1 atom stereocenters. The Kier molecular flexibility index (Phi) is 3.97. The molecular weight excluding hydrogens is 212 g/mol. The van der Waals surface area contributed by atoms with Crippen molar-refractivity contribution in [1.82, 2.24) is 9.78 Å². The van der Waals surface area contributed by atoms with E-state index in [1.807, 2.05) is 11.7 Å². The number of aryl methyl sites for hydroxylation is 2. The Hall–Kier alpha value is -1.12. The van der Waals surface area contributed by atoms with Crippen molar-refractivity contribution in [2.75, 3.05) is 0 Å². The lowest BCUT2D eigenvalue weighted by molar-refractivity contribution is -0.122. The van der Waals surface area contributed by atoms with E-state index in [-0.39, 0.29) is 5.92 Å². The molecule has 0 bridgehead atoms. The van der Waals surface area contributed by atoms with Crippen LogP contribution in [0.1, 0.15) is 50.4 Å². The molecule has 0 radical (unpaired) electrons. The summed E-state index contributed by atoms with van der Waals surface area (Å²) in [4.78, 5) is 12.0. The zero-order chi connectivity index (χ0) is 12.3. The number of rotatable bonds is 3. The van der Waals surface area contributed by atoms with Crippen LogP contribution in [0.15, 0.2) is 6.07 Å². The summed E-state index contributed by atoms with van der Waals surface area (Å²) in [6.45, 7) is 2.11. The van der Waals surface area contributed by atoms with E-state index < -0.39 is 0 Å². The van der Waals surface area contributed by atoms with Crippen LogP contribution in [0, 0.1) is 5.92 Å². The largest absolute Gasteiger partial charge is 0.299 e. The molecule has 1 saturated carbocycles. The van der Waals surface area contributed by atoms with Crippen molar-refractivity contribution in [3.05, 3.63) is 17.5 Å². The predicted octanol–water partition coefficient (Wildman–Crippen LogP) is 2.67. The van der Waals surface area contributed by atoms with Crippen LogP contribution in [0.3, 0.4) is 0 Å². The Bertz CT molecular complexity index is 395. The molecule has 3 nitrogen and oxygen atoms in total. The average Bonchev–Trinajstić information content (AvgIpc) is 2.54. The Morgan fingerprint density at radius 3 is 2.94 bits per heavy atom. The highest BCUT2D eigenvalue weighted by Gasteiger charge is 2.22. The number of carbonyl (C=O) groups excluding carboxylic acids is 1. The quantitative estimate of drug-likeness (QED) is 0.754. The minimum atomic E-state index is 0.234. The monoisotopic (exact) mass is 234 g/mol. The second-order valence-corrected chi connectivity index (χ2v) is 5.07. The molecule has 0 aliphatic heterocycles. The van der Waals surface area contributed by atoms with E-state index in [4.69, 9.17) is 0 Å². The normalized spacial score (nSPS) is 21.5. The third kappa shape index (κ3) is 2.96. The second-order valence-electron chi connectivity index (χ2n) is 5.07. The van der Waals surface area contributed by atoms with Crippen molar-refractivity contribution >= 4 is 5.78 Å². The first kappa shape index (κ1) is 12.3. The summed E-state index contributed by atoms with van der Waals surface area (Å²) in [6.07, 6.45) is 7.19. The molecule has 0 aromatic carbocycles. The Labute approximate surface area is 103 Å². The van der Waals surface area contributed by atoms with Crippen LogP contribution in [0.5, 0.6) is 0 Å². The lowest BCUT2D eigenvalue weighted by Gasteiger charge is -2.12. The third-order valence-electron chi connectivity index (χ3n) is 3.78. The molecule has 3 heteroatoms. The van der Waals surface area contributed by atoms with Crippen molar-refractivity contribution in [3.8, 4) is 0 Å². The van der Waals surface area contributed by atoms with Gasteiger partial charge in [-0.25, -0.2) is 0 Å². The maximum Gasteiger partial charge on any atom is 0.136 e. The summed E-state index contributed by atoms with van der Waals surface area (Å²) < 4.78 is 1.94. The molecule has 1 aromatic rings. The SMILES string of the molecule is CCc1cc(CC2CCCCCC2=O)n(C)n1. The fourth-order valence-corrected chi connectivity index (χ4v) is 2.64. The van der Waals surface area contributed by atoms with Crippen molar-refractivity contribution in [3.63, 3.8) is 0 Å². The predicted molar refractivity (Wildman–Crippen MR) is 67.9 cm³/mol. The topological polar surface area (TPSA) is 34.9 Å². The molecular formula is C14H22N2O. The Morgan fingerprint density at radius 1 is 1.41 bits per heavy atom. The van der Waals surface area contributed by atoms with Crippen LogP contribution in [0.25, 0.3) is 0 Å². The first-order valence-corrected chi connectivity index (χ1v) is 6.75. The van der Waals surface area contributed by atoms with Gasteiger partial charge in [-0.05, 0) is 31.7 Å². The van der Waals surface area contributed by atoms with E-state index in [1.54, 1.807) is 0 Å². The Morgan fingerprint density at radius 2 is 2.24 bits per heavy atom. The summed E-state index contributed by atoms with van der Waals surface area (Å²) in [5.41, 5.74) is 2.34. The molecule has 1 fully saturated rings. The molecule has 1 aliphatic carbocycles. The van der Waals surface area contributed by atoms with Crippen LogP contribution in [-0.2, 0) is 24.7 Å². The van der Waals surface area contributed by atoms with Crippen LogP contribution >= 0.6 is 0 Å². The van der Waals surface area contributed by atoms with Crippen LogP contribution < -0.4 is 0 Å². The molecule has 2 rings (SSSR count). The number of hydrogen-bond acceptors (Lipinski definition) is 2. The van der Waals surface area contributed by atoms with Gasteiger partial charge in [0.25, 0.3) is 0 Å². The van der Waals surface area contributed by atoms with Crippen LogP contribution in [0.4, 0.5) is 0 Å². The van der Waals surface area contributed by atoms with Gasteiger partial charge < -0.3 is 0 Å². The van der Waals surface area contributed by atoms with Gasteiger partial charge in [-0.15, -0.1) is 0 Å². The number of ketones is 1. The maximum atomic E-state index is 12.0. The fourth-order valence-electron chi connectivity index (χ4n) is 2.64. The summed E-state index contributed by atoms with van der Waals surface area (Å²) in [5, 5.41) is 4.45. The van der Waals surface area contributed by atoms with Gasteiger partial charge in [-0.1, -0.05) is 19.8 Å². The van der Waals surface area contributed by atoms with Crippen LogP contribution in [0.2, 0.25) is 0 Å². The molecule has 0 N–H and O–H groups in total. The summed E-state index contributed by atoms with van der Waals surface area (Å²) in [5.74, 6) is 0.694. The van der Waals surface area contributed by atoms with Gasteiger partial charge in [0.2, 0.25) is 0 Å². The van der Waals surface area contributed by atoms with E-state index in [0.717, 1.165) is 37.8 Å². The van der Waals surface area contributed by atoms with E-state index in [1.165, 1.54) is 18.5 Å². The van der Waals surface area contributed by atoms with Crippen molar-refractivity contribution in [1.29, 1.82) is 0 Å². The van der Waals surface area contributed by atoms with Gasteiger partial charge in [-0.3, -0.25) is 9.48 Å². The standard InChI is InChI=1S/C14H22N2O/c1-3-12-10-13(16(2)15-12)9-11-7-5-4-6-8-14(11)17/h10-11H,3-9H2,1-2H3. The van der Waals surface area contributed by atoms with Gasteiger partial charge in [-0.2, -0.15) is 5.10 Å². The Balaban J connectivity index is 2.07. The number of aromatic nitrogens is 2. The van der Waals surface area contributed by atoms with Gasteiger partial charge in [0, 0.05) is 25.1 Å². The molecule has 1 heterocycles. The third-order valence-corrected chi connectivity index (χ3v) is 3.78. The number of hydrogen-bond donors (Lipinski definition) is 0. The smallest absolute Gasteiger partial charge is 0.136 e. The summed E-state index contributed by atoms with van der Waals surface area (Å²) >= 11 is 0. The number of Topliss-reactive ketones (excluding diaryl/α,β-unsaturated/α-hetero) is 1. The second kappa shape index (κ2) is 5.48. The highest BCUT2D eigenvalue weighted by atomic mass is 16.1. The summed E-state index contributed by atoms with van der Waals surface area (Å²) in [7, 11) is 1.98. The molecule has 94 valence electrons. The maximum absolute atomic E-state index is 12.0. The van der Waals surface area contributed by atoms with Gasteiger partial charge in [0.05, 0.1) is 5.69 Å². The molecule has 0 spiro atoms. The van der Waals surface area contributed by atoms with E-state index in [9.17, 15) is 4.79 Å². The average molecular weight is 234 g/mol. The first-order valence-electron chi connectivity index (χ1n) is 6.75. The summed E-state index contributed by atoms with van der Waals surface area (Å²) in [6, 6.07) is 2.15. The van der Waals surface area contributed by atoms with E-state index in [2.05, 4.69) is 18.1 Å². The molecule has 0 amide bonds. The lowest BCUT2D eigenvalue weighted by atomic mass is 9.93. The highest BCUT2D eigenvalue weighted by molar-refractivity contribution is 5.81. The zero-order valence-electron chi connectivity index (χ0n) is 10.9. The van der Waals surface area contributed by atoms with Gasteiger partial charge in [0.15, 0.2) is 0 Å². The van der Waals surface area contributed by atoms with Gasteiger partial charge >= 0.3 is 0 Å². The fraction of sp³-hybridized carbons (Fsp3) is 0.714. The lowest BCUT2D eigenvalue weighted by Crippen LogP contribution is -2.17. The van der Waals surface area contributed by atoms with Crippen molar-refractivity contribution in [2.24, 2.45) is 13.0 Å². The molecule has 1 unspecified atom stereocenters. The zero-order valence-corrected chi connectivity index (χ0v) is 10.9. The molecule has 0 saturated heterocycles.